The second kappa shape index (κ2) is 9.53. The molecule has 3 heterocycles. The minimum atomic E-state index is -0.151. The summed E-state index contributed by atoms with van der Waals surface area (Å²) in [5.41, 5.74) is 1.40. The highest BCUT2D eigenvalue weighted by Crippen LogP contribution is 2.20. The molecular weight excluding hydrogens is 403 g/mol. The molecule has 1 aliphatic heterocycles. The Morgan fingerprint density at radius 1 is 1.20 bits per heavy atom. The molecule has 160 valence electrons. The van der Waals surface area contributed by atoms with Crippen molar-refractivity contribution in [3.05, 3.63) is 52.2 Å². The Bertz CT molecular complexity index is 1040. The normalized spacial score (nSPS) is 15.1. The minimum Gasteiger partial charge on any atom is -0.367 e. The van der Waals surface area contributed by atoms with Gasteiger partial charge in [-0.1, -0.05) is 36.8 Å². The van der Waals surface area contributed by atoms with Gasteiger partial charge in [-0.05, 0) is 31.5 Å². The molecule has 0 radical (unpaired) electrons. The third-order valence-corrected chi connectivity index (χ3v) is 6.16. The number of aryl methyl sites for hydroxylation is 1. The van der Waals surface area contributed by atoms with Gasteiger partial charge in [-0.3, -0.25) is 9.69 Å². The average molecular weight is 431 g/mol. The van der Waals surface area contributed by atoms with Crippen LogP contribution in [0.1, 0.15) is 25.5 Å². The lowest BCUT2D eigenvalue weighted by molar-refractivity contribution is 0.256. The molecule has 0 saturated carbocycles. The minimum absolute atomic E-state index is 0.125. The van der Waals surface area contributed by atoms with E-state index in [9.17, 15) is 9.18 Å². The van der Waals surface area contributed by atoms with Crippen molar-refractivity contribution < 1.29 is 4.39 Å². The standard InChI is InChI=1S/C21H27FN6OS/c1-2-6-16-15-19(29)28-21(24-16)30-20(25-28)23-9-5-10-26-11-13-27(14-12-26)18-8-4-3-7-17(18)22/h3-4,7-8,15H,2,5-6,9-14H2,1H3,(H,23,25). The highest BCUT2D eigenvalue weighted by atomic mass is 32.1. The molecule has 2 aromatic heterocycles. The molecule has 0 aliphatic carbocycles. The van der Waals surface area contributed by atoms with Gasteiger partial charge in [0.1, 0.15) is 5.82 Å². The number of para-hydroxylation sites is 1. The molecule has 0 atom stereocenters. The van der Waals surface area contributed by atoms with Gasteiger partial charge in [0, 0.05) is 44.5 Å². The Labute approximate surface area is 179 Å². The van der Waals surface area contributed by atoms with Gasteiger partial charge in [0.25, 0.3) is 5.56 Å². The highest BCUT2D eigenvalue weighted by molar-refractivity contribution is 7.20. The monoisotopic (exact) mass is 430 g/mol. The Hall–Kier alpha value is -2.52. The zero-order valence-corrected chi connectivity index (χ0v) is 18.0. The second-order valence-corrected chi connectivity index (χ2v) is 8.45. The van der Waals surface area contributed by atoms with Gasteiger partial charge in [-0.25, -0.2) is 9.37 Å². The van der Waals surface area contributed by atoms with Crippen molar-refractivity contribution in [2.24, 2.45) is 0 Å². The zero-order valence-electron chi connectivity index (χ0n) is 17.2. The molecule has 1 aliphatic rings. The number of piperazine rings is 1. The lowest BCUT2D eigenvalue weighted by Crippen LogP contribution is -2.47. The van der Waals surface area contributed by atoms with E-state index < -0.39 is 0 Å². The molecule has 1 N–H and O–H groups in total. The van der Waals surface area contributed by atoms with E-state index in [1.165, 1.54) is 21.9 Å². The van der Waals surface area contributed by atoms with Gasteiger partial charge in [-0.15, -0.1) is 5.10 Å². The topological polar surface area (TPSA) is 65.8 Å². The first kappa shape index (κ1) is 20.7. The van der Waals surface area contributed by atoms with Crippen LogP contribution in [0.5, 0.6) is 0 Å². The van der Waals surface area contributed by atoms with Gasteiger partial charge >= 0.3 is 0 Å². The lowest BCUT2D eigenvalue weighted by atomic mass is 10.2. The summed E-state index contributed by atoms with van der Waals surface area (Å²) in [6, 6.07) is 8.54. The molecule has 0 unspecified atom stereocenters. The van der Waals surface area contributed by atoms with Gasteiger partial charge in [0.2, 0.25) is 10.1 Å². The molecule has 7 nitrogen and oxygen atoms in total. The number of nitrogens with one attached hydrogen (secondary N) is 1. The van der Waals surface area contributed by atoms with Crippen molar-refractivity contribution in [2.45, 2.75) is 26.2 Å². The van der Waals surface area contributed by atoms with E-state index in [0.29, 0.717) is 10.6 Å². The van der Waals surface area contributed by atoms with E-state index in [-0.39, 0.29) is 11.4 Å². The number of hydrogen-bond donors (Lipinski definition) is 1. The van der Waals surface area contributed by atoms with Crippen LogP contribution in [0, 0.1) is 5.82 Å². The van der Waals surface area contributed by atoms with Crippen LogP contribution in [0.2, 0.25) is 0 Å². The Morgan fingerprint density at radius 3 is 2.77 bits per heavy atom. The predicted molar refractivity (Wildman–Crippen MR) is 119 cm³/mol. The number of benzene rings is 1. The summed E-state index contributed by atoms with van der Waals surface area (Å²) in [6.45, 7) is 7.35. The Kier molecular flexibility index (Phi) is 6.59. The maximum absolute atomic E-state index is 13.9. The average Bonchev–Trinajstić information content (AvgIpc) is 3.16. The molecule has 0 spiro atoms. The van der Waals surface area contributed by atoms with Crippen LogP contribution in [-0.2, 0) is 6.42 Å². The molecule has 0 bridgehead atoms. The maximum Gasteiger partial charge on any atom is 0.275 e. The van der Waals surface area contributed by atoms with E-state index in [1.54, 1.807) is 12.1 Å². The van der Waals surface area contributed by atoms with Crippen LogP contribution in [-0.4, -0.2) is 58.8 Å². The summed E-state index contributed by atoms with van der Waals surface area (Å²) in [5.74, 6) is -0.151. The fourth-order valence-corrected chi connectivity index (χ4v) is 4.58. The molecule has 1 aromatic carbocycles. The fourth-order valence-electron chi connectivity index (χ4n) is 3.73. The number of halogens is 1. The molecule has 0 amide bonds. The summed E-state index contributed by atoms with van der Waals surface area (Å²) in [4.78, 5) is 21.9. The molecule has 9 heteroatoms. The molecule has 1 saturated heterocycles. The lowest BCUT2D eigenvalue weighted by Gasteiger charge is -2.36. The Morgan fingerprint density at radius 2 is 2.00 bits per heavy atom. The van der Waals surface area contributed by atoms with E-state index in [4.69, 9.17) is 0 Å². The molecule has 3 aromatic rings. The summed E-state index contributed by atoms with van der Waals surface area (Å²) in [6.07, 6.45) is 2.73. The van der Waals surface area contributed by atoms with E-state index in [0.717, 1.165) is 69.4 Å². The van der Waals surface area contributed by atoms with Gasteiger partial charge in [0.05, 0.1) is 5.69 Å². The van der Waals surface area contributed by atoms with Gasteiger partial charge in [0.15, 0.2) is 0 Å². The second-order valence-electron chi connectivity index (χ2n) is 7.50. The first-order valence-electron chi connectivity index (χ1n) is 10.5. The van der Waals surface area contributed by atoms with Crippen LogP contribution >= 0.6 is 11.3 Å². The van der Waals surface area contributed by atoms with Crippen LogP contribution in [0.3, 0.4) is 0 Å². The number of rotatable bonds is 8. The summed E-state index contributed by atoms with van der Waals surface area (Å²) < 4.78 is 15.3. The van der Waals surface area contributed by atoms with E-state index in [2.05, 4.69) is 32.1 Å². The maximum atomic E-state index is 13.9. The molecule has 1 fully saturated rings. The number of aromatic nitrogens is 3. The largest absolute Gasteiger partial charge is 0.367 e. The van der Waals surface area contributed by atoms with E-state index in [1.807, 2.05) is 12.1 Å². The molecular formula is C21H27FN6OS. The first-order valence-corrected chi connectivity index (χ1v) is 11.3. The molecule has 30 heavy (non-hydrogen) atoms. The van der Waals surface area contributed by atoms with Crippen LogP contribution in [0.15, 0.2) is 35.1 Å². The number of hydrogen-bond acceptors (Lipinski definition) is 7. The van der Waals surface area contributed by atoms with Crippen molar-refractivity contribution in [1.29, 1.82) is 0 Å². The molecule has 4 rings (SSSR count). The van der Waals surface area contributed by atoms with E-state index >= 15 is 0 Å². The summed E-state index contributed by atoms with van der Waals surface area (Å²) >= 11 is 1.41. The quantitative estimate of drug-likeness (QED) is 0.555. The highest BCUT2D eigenvalue weighted by Gasteiger charge is 2.18. The SMILES string of the molecule is CCCc1cc(=O)n2nc(NCCCN3CCN(c4ccccc4F)CC3)sc2n1. The summed E-state index contributed by atoms with van der Waals surface area (Å²) in [5, 5.41) is 8.38. The smallest absolute Gasteiger partial charge is 0.275 e. The fraction of sp³-hybridized carbons (Fsp3) is 0.476. The third kappa shape index (κ3) is 4.79. The van der Waals surface area contributed by atoms with Crippen LogP contribution in [0.25, 0.3) is 4.96 Å². The van der Waals surface area contributed by atoms with Crippen molar-refractivity contribution in [3.8, 4) is 0 Å². The van der Waals surface area contributed by atoms with Crippen molar-refractivity contribution in [2.75, 3.05) is 49.5 Å². The zero-order chi connectivity index (χ0) is 20.9. The Balaban J connectivity index is 1.23. The van der Waals surface area contributed by atoms with Crippen LogP contribution in [0.4, 0.5) is 15.2 Å². The van der Waals surface area contributed by atoms with Gasteiger partial charge in [-0.2, -0.15) is 4.52 Å². The predicted octanol–water partition coefficient (Wildman–Crippen LogP) is 2.87. The van der Waals surface area contributed by atoms with Crippen molar-refractivity contribution >= 4 is 27.1 Å². The van der Waals surface area contributed by atoms with Crippen molar-refractivity contribution in [3.63, 3.8) is 0 Å². The third-order valence-electron chi connectivity index (χ3n) is 5.30. The summed E-state index contributed by atoms with van der Waals surface area (Å²) in [7, 11) is 0. The van der Waals surface area contributed by atoms with Crippen LogP contribution < -0.4 is 15.8 Å². The first-order chi connectivity index (χ1) is 14.6. The van der Waals surface area contributed by atoms with Crippen molar-refractivity contribution in [1.82, 2.24) is 19.5 Å². The number of nitrogens with zero attached hydrogens (tertiary/aromatic N) is 5. The number of anilines is 2. The number of fused-ring (bicyclic) bond motifs is 1. The van der Waals surface area contributed by atoms with Gasteiger partial charge < -0.3 is 10.2 Å².